The highest BCUT2D eigenvalue weighted by Gasteiger charge is 2.36. The number of nitrogens with zero attached hydrogens (tertiary/aromatic N) is 1. The third-order valence-electron chi connectivity index (χ3n) is 8.34. The van der Waals surface area contributed by atoms with Crippen LogP contribution in [0.2, 0.25) is 0 Å². The maximum Gasteiger partial charge on any atom is 0.0619 e. The van der Waals surface area contributed by atoms with Crippen LogP contribution in [0.15, 0.2) is 115 Å². The SMILES string of the molecule is CC1(C)c2ccccc2-c2ccc3c(ccc4c5ccccc5n(-c5ccc6ccccc6c5)c34)c21. The molecule has 6 aromatic carbocycles. The van der Waals surface area contributed by atoms with Crippen LogP contribution in [-0.2, 0) is 5.41 Å². The van der Waals surface area contributed by atoms with E-state index in [0.29, 0.717) is 0 Å². The molecule has 0 unspecified atom stereocenters. The van der Waals surface area contributed by atoms with Crippen LogP contribution in [0.5, 0.6) is 0 Å². The molecule has 1 aliphatic carbocycles. The van der Waals surface area contributed by atoms with Crippen molar-refractivity contribution in [1.82, 2.24) is 4.57 Å². The van der Waals surface area contributed by atoms with Crippen LogP contribution in [-0.4, -0.2) is 4.57 Å². The molecule has 0 aliphatic heterocycles. The highest BCUT2D eigenvalue weighted by Crippen LogP contribution is 2.52. The van der Waals surface area contributed by atoms with Gasteiger partial charge in [-0.05, 0) is 56.6 Å². The highest BCUT2D eigenvalue weighted by molar-refractivity contribution is 6.20. The fourth-order valence-corrected chi connectivity index (χ4v) is 6.74. The van der Waals surface area contributed by atoms with E-state index in [1.54, 1.807) is 0 Å². The van der Waals surface area contributed by atoms with Gasteiger partial charge >= 0.3 is 0 Å². The first-order valence-electron chi connectivity index (χ1n) is 12.7. The minimum atomic E-state index is -0.0428. The summed E-state index contributed by atoms with van der Waals surface area (Å²) >= 11 is 0. The van der Waals surface area contributed by atoms with Gasteiger partial charge in [0.05, 0.1) is 11.0 Å². The lowest BCUT2D eigenvalue weighted by molar-refractivity contribution is 0.666. The second kappa shape index (κ2) is 6.86. The van der Waals surface area contributed by atoms with Crippen LogP contribution in [0, 0.1) is 0 Å². The Kier molecular flexibility index (Phi) is 3.79. The largest absolute Gasteiger partial charge is 0.309 e. The Morgan fingerprint density at radius 3 is 2.14 bits per heavy atom. The van der Waals surface area contributed by atoms with Gasteiger partial charge in [0, 0.05) is 27.3 Å². The summed E-state index contributed by atoms with van der Waals surface area (Å²) in [5.74, 6) is 0. The molecule has 1 aliphatic rings. The van der Waals surface area contributed by atoms with Crippen molar-refractivity contribution in [3.63, 3.8) is 0 Å². The van der Waals surface area contributed by atoms with Gasteiger partial charge in [-0.15, -0.1) is 0 Å². The van der Waals surface area contributed by atoms with E-state index >= 15 is 0 Å². The molecule has 0 saturated carbocycles. The number of rotatable bonds is 1. The van der Waals surface area contributed by atoms with E-state index in [-0.39, 0.29) is 5.41 Å². The maximum atomic E-state index is 2.47. The van der Waals surface area contributed by atoms with Crippen molar-refractivity contribution in [2.45, 2.75) is 19.3 Å². The van der Waals surface area contributed by atoms with Crippen molar-refractivity contribution in [1.29, 1.82) is 0 Å². The molecular formula is C35H25N. The first-order chi connectivity index (χ1) is 17.6. The quantitative estimate of drug-likeness (QED) is 0.230. The van der Waals surface area contributed by atoms with Gasteiger partial charge < -0.3 is 4.57 Å². The maximum absolute atomic E-state index is 2.47. The van der Waals surface area contributed by atoms with Gasteiger partial charge in [-0.3, -0.25) is 0 Å². The van der Waals surface area contributed by atoms with Gasteiger partial charge in [-0.25, -0.2) is 0 Å². The zero-order chi connectivity index (χ0) is 24.0. The Bertz CT molecular complexity index is 2020. The van der Waals surface area contributed by atoms with E-state index < -0.39 is 0 Å². The molecule has 1 heteroatoms. The van der Waals surface area contributed by atoms with Crippen LogP contribution in [0.3, 0.4) is 0 Å². The van der Waals surface area contributed by atoms with Gasteiger partial charge in [0.15, 0.2) is 0 Å². The fourth-order valence-electron chi connectivity index (χ4n) is 6.74. The number of benzene rings is 6. The summed E-state index contributed by atoms with van der Waals surface area (Å²) in [4.78, 5) is 0. The van der Waals surface area contributed by atoms with Crippen molar-refractivity contribution in [3.8, 4) is 16.8 Å². The predicted molar refractivity (Wildman–Crippen MR) is 153 cm³/mol. The molecule has 0 atom stereocenters. The lowest BCUT2D eigenvalue weighted by Crippen LogP contribution is -2.15. The molecular weight excluding hydrogens is 434 g/mol. The third-order valence-corrected chi connectivity index (χ3v) is 8.34. The average molecular weight is 460 g/mol. The fraction of sp³-hybridized carbons (Fsp3) is 0.0857. The first kappa shape index (κ1) is 19.9. The summed E-state index contributed by atoms with van der Waals surface area (Å²) in [5.41, 5.74) is 9.30. The molecule has 8 rings (SSSR count). The molecule has 1 aromatic heterocycles. The molecule has 7 aromatic rings. The number of para-hydroxylation sites is 1. The average Bonchev–Trinajstić information content (AvgIpc) is 3.38. The lowest BCUT2D eigenvalue weighted by Gasteiger charge is -2.23. The summed E-state index contributed by atoms with van der Waals surface area (Å²) < 4.78 is 2.47. The highest BCUT2D eigenvalue weighted by atomic mass is 15.0. The Morgan fingerprint density at radius 2 is 1.22 bits per heavy atom. The Hall–Kier alpha value is -4.36. The van der Waals surface area contributed by atoms with E-state index in [1.165, 1.54) is 71.3 Å². The van der Waals surface area contributed by atoms with Crippen molar-refractivity contribution >= 4 is 43.4 Å². The van der Waals surface area contributed by atoms with Gasteiger partial charge in [-0.2, -0.15) is 0 Å². The van der Waals surface area contributed by atoms with Gasteiger partial charge in [-0.1, -0.05) is 111 Å². The predicted octanol–water partition coefficient (Wildman–Crippen LogP) is 9.40. The van der Waals surface area contributed by atoms with Crippen LogP contribution in [0.4, 0.5) is 0 Å². The number of fused-ring (bicyclic) bond motifs is 10. The molecule has 0 N–H and O–H groups in total. The lowest BCUT2D eigenvalue weighted by atomic mass is 9.80. The Balaban J connectivity index is 1.54. The van der Waals surface area contributed by atoms with Crippen LogP contribution in [0.1, 0.15) is 25.0 Å². The molecule has 0 saturated heterocycles. The minimum absolute atomic E-state index is 0.0428. The topological polar surface area (TPSA) is 4.93 Å². The van der Waals surface area contributed by atoms with Gasteiger partial charge in [0.1, 0.15) is 0 Å². The molecule has 36 heavy (non-hydrogen) atoms. The number of aromatic nitrogens is 1. The molecule has 0 bridgehead atoms. The zero-order valence-electron chi connectivity index (χ0n) is 20.4. The molecule has 1 heterocycles. The molecule has 0 radical (unpaired) electrons. The van der Waals surface area contributed by atoms with Crippen LogP contribution in [0.25, 0.3) is 60.2 Å². The third kappa shape index (κ3) is 2.45. The van der Waals surface area contributed by atoms with E-state index in [1.807, 2.05) is 0 Å². The van der Waals surface area contributed by atoms with Gasteiger partial charge in [0.2, 0.25) is 0 Å². The van der Waals surface area contributed by atoms with Crippen LogP contribution < -0.4 is 0 Å². The van der Waals surface area contributed by atoms with E-state index in [9.17, 15) is 0 Å². The summed E-state index contributed by atoms with van der Waals surface area (Å²) in [7, 11) is 0. The van der Waals surface area contributed by atoms with Crippen molar-refractivity contribution < 1.29 is 0 Å². The summed E-state index contributed by atoms with van der Waals surface area (Å²) in [5, 5.41) is 7.80. The second-order valence-electron chi connectivity index (χ2n) is 10.6. The molecule has 1 nitrogen and oxygen atoms in total. The second-order valence-corrected chi connectivity index (χ2v) is 10.6. The molecule has 170 valence electrons. The van der Waals surface area contributed by atoms with E-state index in [0.717, 1.165) is 0 Å². The summed E-state index contributed by atoms with van der Waals surface area (Å²) in [6.07, 6.45) is 0. The summed E-state index contributed by atoms with van der Waals surface area (Å²) in [6, 6.07) is 42.6. The molecule has 0 fully saturated rings. The smallest absolute Gasteiger partial charge is 0.0619 e. The number of hydrogen-bond donors (Lipinski definition) is 0. The van der Waals surface area contributed by atoms with Crippen molar-refractivity contribution in [3.05, 3.63) is 126 Å². The van der Waals surface area contributed by atoms with Crippen molar-refractivity contribution in [2.75, 3.05) is 0 Å². The zero-order valence-corrected chi connectivity index (χ0v) is 20.4. The van der Waals surface area contributed by atoms with E-state index in [2.05, 4.69) is 134 Å². The number of hydrogen-bond acceptors (Lipinski definition) is 0. The first-order valence-corrected chi connectivity index (χ1v) is 12.7. The summed E-state index contributed by atoms with van der Waals surface area (Å²) in [6.45, 7) is 4.75. The normalized spacial score (nSPS) is 14.1. The Labute approximate surface area is 210 Å². The monoisotopic (exact) mass is 459 g/mol. The minimum Gasteiger partial charge on any atom is -0.309 e. The molecule has 0 amide bonds. The van der Waals surface area contributed by atoms with Crippen LogP contribution >= 0.6 is 0 Å². The standard InChI is InChI=1S/C35H25N/c1-35(2)31-13-7-5-11-25(31)27-17-20-30-28(33(27)35)18-19-29-26-12-6-8-14-32(26)36(34(29)30)24-16-15-22-9-3-4-10-23(22)21-24/h3-21H,1-2H3. The Morgan fingerprint density at radius 1 is 0.528 bits per heavy atom. The van der Waals surface area contributed by atoms with E-state index in [4.69, 9.17) is 0 Å². The van der Waals surface area contributed by atoms with Crippen molar-refractivity contribution in [2.24, 2.45) is 0 Å². The van der Waals surface area contributed by atoms with Gasteiger partial charge in [0.25, 0.3) is 0 Å². The molecule has 0 spiro atoms.